The molecule has 0 atom stereocenters. The van der Waals surface area contributed by atoms with Crippen LogP contribution in [0.5, 0.6) is 0 Å². The molecule has 2 aromatic heterocycles. The molecule has 1 fully saturated rings. The van der Waals surface area contributed by atoms with Gasteiger partial charge >= 0.3 is 0 Å². The van der Waals surface area contributed by atoms with Crippen molar-refractivity contribution < 1.29 is 9.90 Å². The van der Waals surface area contributed by atoms with E-state index in [0.717, 1.165) is 25.0 Å². The number of rotatable bonds is 5. The van der Waals surface area contributed by atoms with E-state index in [1.54, 1.807) is 10.7 Å². The molecule has 0 radical (unpaired) electrons. The monoisotopic (exact) mass is 275 g/mol. The van der Waals surface area contributed by atoms with Crippen LogP contribution in [0, 0.1) is 12.3 Å². The first-order chi connectivity index (χ1) is 9.63. The van der Waals surface area contributed by atoms with Gasteiger partial charge in [0.2, 0.25) is 5.82 Å². The van der Waals surface area contributed by atoms with Crippen LogP contribution in [0.15, 0.2) is 12.3 Å². The lowest BCUT2D eigenvalue weighted by atomic mass is 10.0. The van der Waals surface area contributed by atoms with Crippen LogP contribution in [0.25, 0.3) is 5.78 Å². The second-order valence-corrected chi connectivity index (χ2v) is 5.39. The van der Waals surface area contributed by atoms with Crippen LogP contribution in [-0.2, 0) is 0 Å². The van der Waals surface area contributed by atoms with Crippen molar-refractivity contribution in [3.05, 3.63) is 23.8 Å². The first-order valence-electron chi connectivity index (χ1n) is 6.71. The number of nitrogens with zero attached hydrogens (tertiary/aromatic N) is 4. The van der Waals surface area contributed by atoms with Gasteiger partial charge in [0, 0.05) is 25.0 Å². The van der Waals surface area contributed by atoms with Crippen LogP contribution >= 0.6 is 0 Å². The molecule has 1 aliphatic rings. The standard InChI is InChI=1S/C13H17N5O2/c1-9-2-6-14-12-16-10(17-18(9)12)11(20)15-8-13(3-4-13)5-7-19/h2,6,19H,3-5,7-8H2,1H3,(H,15,20). The Bertz CT molecular complexity index is 647. The normalized spacial score (nSPS) is 16.3. The maximum Gasteiger partial charge on any atom is 0.291 e. The van der Waals surface area contributed by atoms with E-state index in [0.29, 0.717) is 12.3 Å². The fraction of sp³-hybridized carbons (Fsp3) is 0.538. The molecule has 106 valence electrons. The van der Waals surface area contributed by atoms with Crippen molar-refractivity contribution in [2.24, 2.45) is 5.41 Å². The third kappa shape index (κ3) is 2.36. The van der Waals surface area contributed by atoms with Crippen LogP contribution in [0.1, 0.15) is 35.6 Å². The zero-order chi connectivity index (χ0) is 14.2. The van der Waals surface area contributed by atoms with Gasteiger partial charge in [-0.3, -0.25) is 4.79 Å². The number of hydrogen-bond donors (Lipinski definition) is 2. The van der Waals surface area contributed by atoms with E-state index in [9.17, 15) is 4.79 Å². The smallest absolute Gasteiger partial charge is 0.291 e. The molecule has 2 N–H and O–H groups in total. The average Bonchev–Trinajstić information content (AvgIpc) is 3.04. The number of aryl methyl sites for hydroxylation is 1. The van der Waals surface area contributed by atoms with Crippen molar-refractivity contribution in [3.63, 3.8) is 0 Å². The van der Waals surface area contributed by atoms with Gasteiger partial charge in [0.25, 0.3) is 11.7 Å². The number of carbonyl (C=O) groups is 1. The highest BCUT2D eigenvalue weighted by atomic mass is 16.3. The van der Waals surface area contributed by atoms with E-state index in [1.165, 1.54) is 0 Å². The highest BCUT2D eigenvalue weighted by Gasteiger charge is 2.42. The number of carbonyl (C=O) groups excluding carboxylic acids is 1. The van der Waals surface area contributed by atoms with Crippen molar-refractivity contribution in [1.82, 2.24) is 24.9 Å². The summed E-state index contributed by atoms with van der Waals surface area (Å²) in [7, 11) is 0. The van der Waals surface area contributed by atoms with Gasteiger partial charge in [-0.2, -0.15) is 4.98 Å². The summed E-state index contributed by atoms with van der Waals surface area (Å²) in [6, 6.07) is 1.81. The molecule has 2 heterocycles. The summed E-state index contributed by atoms with van der Waals surface area (Å²) >= 11 is 0. The summed E-state index contributed by atoms with van der Waals surface area (Å²) in [6.45, 7) is 2.60. The molecular formula is C13H17N5O2. The molecule has 0 bridgehead atoms. The van der Waals surface area contributed by atoms with Gasteiger partial charge < -0.3 is 10.4 Å². The second-order valence-electron chi connectivity index (χ2n) is 5.39. The minimum absolute atomic E-state index is 0.0811. The van der Waals surface area contributed by atoms with E-state index < -0.39 is 0 Å². The minimum Gasteiger partial charge on any atom is -0.396 e. The summed E-state index contributed by atoms with van der Waals surface area (Å²) in [6.07, 6.45) is 4.47. The molecule has 0 saturated heterocycles. The molecule has 1 aliphatic carbocycles. The molecule has 1 saturated carbocycles. The van der Waals surface area contributed by atoms with Crippen LogP contribution < -0.4 is 5.32 Å². The topological polar surface area (TPSA) is 92.4 Å². The van der Waals surface area contributed by atoms with Gasteiger partial charge in [-0.25, -0.2) is 9.50 Å². The van der Waals surface area contributed by atoms with Crippen molar-refractivity contribution in [1.29, 1.82) is 0 Å². The van der Waals surface area contributed by atoms with E-state index in [2.05, 4.69) is 20.4 Å². The Labute approximate surface area is 116 Å². The summed E-state index contributed by atoms with van der Waals surface area (Å²) in [4.78, 5) is 20.3. The lowest BCUT2D eigenvalue weighted by Gasteiger charge is -2.13. The molecule has 0 aromatic carbocycles. The summed E-state index contributed by atoms with van der Waals surface area (Å²) in [5.41, 5.74) is 0.957. The fourth-order valence-corrected chi connectivity index (χ4v) is 2.28. The lowest BCUT2D eigenvalue weighted by Crippen LogP contribution is -2.31. The van der Waals surface area contributed by atoms with E-state index in [4.69, 9.17) is 5.11 Å². The maximum absolute atomic E-state index is 12.1. The molecule has 20 heavy (non-hydrogen) atoms. The minimum atomic E-state index is -0.292. The maximum atomic E-state index is 12.1. The van der Waals surface area contributed by atoms with E-state index in [1.807, 2.05) is 13.0 Å². The van der Waals surface area contributed by atoms with Crippen LogP contribution in [0.4, 0.5) is 0 Å². The van der Waals surface area contributed by atoms with Crippen molar-refractivity contribution in [2.75, 3.05) is 13.2 Å². The number of aliphatic hydroxyl groups excluding tert-OH is 1. The SMILES string of the molecule is Cc1ccnc2nc(C(=O)NCC3(CCO)CC3)nn12. The van der Waals surface area contributed by atoms with Gasteiger partial charge in [-0.1, -0.05) is 0 Å². The Balaban J connectivity index is 1.71. The Morgan fingerprint density at radius 1 is 1.55 bits per heavy atom. The third-order valence-electron chi connectivity index (χ3n) is 3.86. The molecule has 1 amide bonds. The number of aliphatic hydroxyl groups is 1. The summed E-state index contributed by atoms with van der Waals surface area (Å²) in [5.74, 6) is 0.261. The third-order valence-corrected chi connectivity index (χ3v) is 3.86. The average molecular weight is 275 g/mol. The summed E-state index contributed by atoms with van der Waals surface area (Å²) in [5, 5.41) is 16.0. The molecular weight excluding hydrogens is 258 g/mol. The van der Waals surface area contributed by atoms with Crippen molar-refractivity contribution in [2.45, 2.75) is 26.2 Å². The van der Waals surface area contributed by atoms with Crippen molar-refractivity contribution in [3.8, 4) is 0 Å². The summed E-state index contributed by atoms with van der Waals surface area (Å²) < 4.78 is 1.55. The Morgan fingerprint density at radius 2 is 2.35 bits per heavy atom. The van der Waals surface area contributed by atoms with Crippen molar-refractivity contribution >= 4 is 11.7 Å². The predicted molar refractivity (Wildman–Crippen MR) is 71.2 cm³/mol. The highest BCUT2D eigenvalue weighted by molar-refractivity contribution is 5.90. The fourth-order valence-electron chi connectivity index (χ4n) is 2.28. The van der Waals surface area contributed by atoms with Crippen LogP contribution in [0.3, 0.4) is 0 Å². The molecule has 0 unspecified atom stereocenters. The van der Waals surface area contributed by atoms with Gasteiger partial charge in [0.05, 0.1) is 0 Å². The first-order valence-corrected chi connectivity index (χ1v) is 6.71. The number of fused-ring (bicyclic) bond motifs is 1. The number of amides is 1. The first kappa shape index (κ1) is 13.0. The highest BCUT2D eigenvalue weighted by Crippen LogP contribution is 2.47. The lowest BCUT2D eigenvalue weighted by molar-refractivity contribution is 0.0930. The molecule has 2 aromatic rings. The molecule has 7 nitrogen and oxygen atoms in total. The van der Waals surface area contributed by atoms with E-state index in [-0.39, 0.29) is 23.8 Å². The Morgan fingerprint density at radius 3 is 3.00 bits per heavy atom. The zero-order valence-electron chi connectivity index (χ0n) is 11.3. The van der Waals surface area contributed by atoms with Gasteiger partial charge in [-0.15, -0.1) is 5.10 Å². The predicted octanol–water partition coefficient (Wildman–Crippen LogP) is 0.325. The quantitative estimate of drug-likeness (QED) is 0.820. The Hall–Kier alpha value is -2.02. The van der Waals surface area contributed by atoms with Gasteiger partial charge in [0.15, 0.2) is 0 Å². The van der Waals surface area contributed by atoms with Gasteiger partial charge in [-0.05, 0) is 37.7 Å². The number of aromatic nitrogens is 4. The zero-order valence-corrected chi connectivity index (χ0v) is 11.3. The molecule has 0 aliphatic heterocycles. The van der Waals surface area contributed by atoms with E-state index >= 15 is 0 Å². The molecule has 0 spiro atoms. The largest absolute Gasteiger partial charge is 0.396 e. The molecule has 7 heteroatoms. The van der Waals surface area contributed by atoms with Crippen LogP contribution in [0.2, 0.25) is 0 Å². The van der Waals surface area contributed by atoms with Crippen LogP contribution in [-0.4, -0.2) is 43.7 Å². The number of hydrogen-bond acceptors (Lipinski definition) is 5. The second kappa shape index (κ2) is 4.82. The molecule has 3 rings (SSSR count). The van der Waals surface area contributed by atoms with Gasteiger partial charge in [0.1, 0.15) is 0 Å². The Kier molecular flexibility index (Phi) is 3.13. The number of nitrogens with one attached hydrogen (secondary N) is 1.